The number of alkyl halides is 3. The molecule has 0 amide bonds. The van der Waals surface area contributed by atoms with Gasteiger partial charge in [-0.05, 0) is 36.5 Å². The molecule has 0 heterocycles. The highest BCUT2D eigenvalue weighted by atomic mass is 32.3. The summed E-state index contributed by atoms with van der Waals surface area (Å²) in [7, 11) is -11.0. The van der Waals surface area contributed by atoms with Gasteiger partial charge in [0.15, 0.2) is 0 Å². The number of hydrogen-bond donors (Lipinski definition) is 2. The molecule has 7 nitrogen and oxygen atoms in total. The van der Waals surface area contributed by atoms with Crippen molar-refractivity contribution in [2.45, 2.75) is 43.0 Å². The van der Waals surface area contributed by atoms with Gasteiger partial charge in [0.2, 0.25) is 0 Å². The standard InChI is InChI=1S/C14H18F3NO6S2/c1-3-10(8-9(2)13(19)20)11-4-6-12(7-5-11)25(21,22)18-26(23,24)14(15,16)17/h4-7,9-10,18H,3,8H2,1-2H3,(H,19,20). The molecule has 1 aromatic carbocycles. The molecule has 2 atom stereocenters. The number of halogens is 3. The van der Waals surface area contributed by atoms with Gasteiger partial charge in [0, 0.05) is 0 Å². The Kier molecular flexibility index (Phi) is 6.82. The molecule has 0 saturated carbocycles. The average molecular weight is 417 g/mol. The number of carboxylic acids is 1. The maximum Gasteiger partial charge on any atom is 0.512 e. The number of nitrogens with one attached hydrogen (secondary N) is 1. The number of benzene rings is 1. The van der Waals surface area contributed by atoms with Crippen LogP contribution in [0, 0.1) is 5.92 Å². The van der Waals surface area contributed by atoms with Crippen molar-refractivity contribution in [3.05, 3.63) is 29.8 Å². The van der Waals surface area contributed by atoms with Crippen molar-refractivity contribution < 1.29 is 39.9 Å². The highest BCUT2D eigenvalue weighted by molar-refractivity contribution is 8.05. The molecule has 1 rings (SSSR count). The smallest absolute Gasteiger partial charge is 0.481 e. The second-order valence-electron chi connectivity index (χ2n) is 5.69. The molecular formula is C14H18F3NO6S2. The van der Waals surface area contributed by atoms with Crippen LogP contribution in [-0.4, -0.2) is 33.4 Å². The maximum absolute atomic E-state index is 12.3. The van der Waals surface area contributed by atoms with Gasteiger partial charge in [-0.15, -0.1) is 0 Å². The van der Waals surface area contributed by atoms with Crippen molar-refractivity contribution in [3.63, 3.8) is 0 Å². The molecule has 0 radical (unpaired) electrons. The zero-order chi connectivity index (χ0) is 20.3. The van der Waals surface area contributed by atoms with Crippen LogP contribution in [0.3, 0.4) is 0 Å². The predicted molar refractivity (Wildman–Crippen MR) is 86.2 cm³/mol. The number of rotatable bonds is 8. The summed E-state index contributed by atoms with van der Waals surface area (Å²) in [4.78, 5) is 10.3. The maximum atomic E-state index is 12.3. The van der Waals surface area contributed by atoms with Crippen LogP contribution in [0.5, 0.6) is 0 Å². The summed E-state index contributed by atoms with van der Waals surface area (Å²) < 4.78 is 83.2. The second-order valence-corrected chi connectivity index (χ2v) is 9.30. The lowest BCUT2D eigenvalue weighted by molar-refractivity contribution is -0.141. The molecule has 0 aliphatic heterocycles. The topological polar surface area (TPSA) is 118 Å². The number of aliphatic carboxylic acids is 1. The first-order valence-corrected chi connectivity index (χ1v) is 10.4. The Balaban J connectivity index is 3.07. The molecule has 12 heteroatoms. The van der Waals surface area contributed by atoms with E-state index in [1.54, 1.807) is 6.92 Å². The molecule has 1 aromatic rings. The summed E-state index contributed by atoms with van der Waals surface area (Å²) in [5, 5.41) is 8.96. The van der Waals surface area contributed by atoms with E-state index in [0.717, 1.165) is 12.1 Å². The Morgan fingerprint density at radius 3 is 2.04 bits per heavy atom. The predicted octanol–water partition coefficient (Wildman–Crippen LogP) is 2.42. The second kappa shape index (κ2) is 7.92. The molecule has 0 aliphatic carbocycles. The fourth-order valence-electron chi connectivity index (χ4n) is 2.22. The van der Waals surface area contributed by atoms with Crippen LogP contribution in [0.4, 0.5) is 13.2 Å². The van der Waals surface area contributed by atoms with Crippen LogP contribution < -0.4 is 4.13 Å². The van der Waals surface area contributed by atoms with Crippen molar-refractivity contribution in [3.8, 4) is 0 Å². The van der Waals surface area contributed by atoms with Crippen molar-refractivity contribution in [1.29, 1.82) is 0 Å². The minimum absolute atomic E-state index is 0.204. The first-order valence-electron chi connectivity index (χ1n) is 7.39. The third-order valence-electron chi connectivity index (χ3n) is 3.74. The fraction of sp³-hybridized carbons (Fsp3) is 0.500. The molecule has 2 unspecified atom stereocenters. The van der Waals surface area contributed by atoms with Gasteiger partial charge in [0.05, 0.1) is 10.8 Å². The first kappa shape index (κ1) is 22.4. The highest BCUT2D eigenvalue weighted by Gasteiger charge is 2.48. The van der Waals surface area contributed by atoms with Crippen molar-refractivity contribution in [2.75, 3.05) is 0 Å². The van der Waals surface area contributed by atoms with Crippen LogP contribution in [0.15, 0.2) is 29.2 Å². The van der Waals surface area contributed by atoms with E-state index < -0.39 is 42.3 Å². The van der Waals surface area contributed by atoms with Gasteiger partial charge in [-0.1, -0.05) is 30.1 Å². The Bertz CT molecular complexity index is 848. The summed E-state index contributed by atoms with van der Waals surface area (Å²) >= 11 is 0. The van der Waals surface area contributed by atoms with E-state index in [0.29, 0.717) is 22.5 Å². The minimum atomic E-state index is -6.06. The Hall–Kier alpha value is -1.66. The van der Waals surface area contributed by atoms with Gasteiger partial charge in [-0.2, -0.15) is 13.2 Å². The SMILES string of the molecule is CCC(CC(C)C(=O)O)c1ccc(S(=O)(=O)NS(=O)(=O)C(F)(F)F)cc1. The largest absolute Gasteiger partial charge is 0.512 e. The molecule has 0 fully saturated rings. The third-order valence-corrected chi connectivity index (χ3v) is 7.00. The van der Waals surface area contributed by atoms with Crippen molar-refractivity contribution >= 4 is 26.0 Å². The molecule has 0 aliphatic rings. The third kappa shape index (κ3) is 5.42. The fourth-order valence-corrected chi connectivity index (χ4v) is 4.64. The summed E-state index contributed by atoms with van der Waals surface area (Å²) in [5.41, 5.74) is -5.17. The molecule has 0 spiro atoms. The molecular weight excluding hydrogens is 399 g/mol. The molecule has 26 heavy (non-hydrogen) atoms. The Morgan fingerprint density at radius 2 is 1.65 bits per heavy atom. The molecule has 0 saturated heterocycles. The van der Waals surface area contributed by atoms with Gasteiger partial charge >= 0.3 is 21.5 Å². The van der Waals surface area contributed by atoms with E-state index in [1.807, 2.05) is 0 Å². The van der Waals surface area contributed by atoms with E-state index in [9.17, 15) is 34.8 Å². The highest BCUT2D eigenvalue weighted by Crippen LogP contribution is 2.29. The van der Waals surface area contributed by atoms with Gasteiger partial charge in [0.25, 0.3) is 10.0 Å². The Labute approximate surface area is 149 Å². The van der Waals surface area contributed by atoms with Gasteiger partial charge < -0.3 is 5.11 Å². The Morgan fingerprint density at radius 1 is 1.15 bits per heavy atom. The lowest BCUT2D eigenvalue weighted by Crippen LogP contribution is -2.40. The summed E-state index contributed by atoms with van der Waals surface area (Å²) in [5.74, 6) is -1.82. The summed E-state index contributed by atoms with van der Waals surface area (Å²) in [6.07, 6.45) is 0.850. The van der Waals surface area contributed by atoms with E-state index in [4.69, 9.17) is 5.11 Å². The van der Waals surface area contributed by atoms with Gasteiger partial charge in [-0.3, -0.25) is 4.79 Å². The summed E-state index contributed by atoms with van der Waals surface area (Å²) in [6, 6.07) is 4.57. The van der Waals surface area contributed by atoms with Crippen molar-refractivity contribution in [1.82, 2.24) is 4.13 Å². The van der Waals surface area contributed by atoms with Crippen LogP contribution in [0.2, 0.25) is 0 Å². The molecule has 148 valence electrons. The first-order chi connectivity index (χ1) is 11.7. The zero-order valence-electron chi connectivity index (χ0n) is 13.8. The van der Waals surface area contributed by atoms with E-state index in [2.05, 4.69) is 0 Å². The van der Waals surface area contributed by atoms with Crippen LogP contribution in [-0.2, 0) is 24.8 Å². The summed E-state index contributed by atoms with van der Waals surface area (Å²) in [6.45, 7) is 3.33. The number of carbonyl (C=O) groups is 1. The van der Waals surface area contributed by atoms with E-state index in [1.165, 1.54) is 19.1 Å². The van der Waals surface area contributed by atoms with Crippen molar-refractivity contribution in [2.24, 2.45) is 5.92 Å². The minimum Gasteiger partial charge on any atom is -0.481 e. The van der Waals surface area contributed by atoms with Crippen LogP contribution >= 0.6 is 0 Å². The normalized spacial score (nSPS) is 15.4. The van der Waals surface area contributed by atoms with Crippen LogP contribution in [0.1, 0.15) is 38.2 Å². The number of sulfonamides is 2. The zero-order valence-corrected chi connectivity index (χ0v) is 15.5. The van der Waals surface area contributed by atoms with Gasteiger partial charge in [-0.25, -0.2) is 16.8 Å². The van der Waals surface area contributed by atoms with E-state index in [-0.39, 0.29) is 5.92 Å². The average Bonchev–Trinajstić information content (AvgIpc) is 2.50. The molecule has 0 bridgehead atoms. The quantitative estimate of drug-likeness (QED) is 0.671. The molecule has 0 aromatic heterocycles. The lowest BCUT2D eigenvalue weighted by atomic mass is 9.88. The van der Waals surface area contributed by atoms with Crippen LogP contribution in [0.25, 0.3) is 0 Å². The molecule has 2 N–H and O–H groups in total. The van der Waals surface area contributed by atoms with E-state index >= 15 is 0 Å². The number of carboxylic acid groups (broad SMARTS) is 1. The lowest BCUT2D eigenvalue weighted by Gasteiger charge is -2.18. The van der Waals surface area contributed by atoms with Gasteiger partial charge in [0.1, 0.15) is 0 Å². The number of hydrogen-bond acceptors (Lipinski definition) is 5. The monoisotopic (exact) mass is 417 g/mol.